The van der Waals surface area contributed by atoms with E-state index in [9.17, 15) is 4.79 Å². The van der Waals surface area contributed by atoms with Crippen molar-refractivity contribution in [2.75, 3.05) is 19.6 Å². The van der Waals surface area contributed by atoms with Crippen molar-refractivity contribution >= 4 is 17.5 Å². The molecule has 1 unspecified atom stereocenters. The fraction of sp³-hybridized carbons (Fsp3) is 0.304. The van der Waals surface area contributed by atoms with Crippen LogP contribution < -0.4 is 5.32 Å². The van der Waals surface area contributed by atoms with Crippen LogP contribution in [0.15, 0.2) is 66.9 Å². The van der Waals surface area contributed by atoms with Gasteiger partial charge in [-0.1, -0.05) is 54.1 Å². The van der Waals surface area contributed by atoms with Gasteiger partial charge in [-0.2, -0.15) is 5.10 Å². The highest BCUT2D eigenvalue weighted by Crippen LogP contribution is 2.20. The van der Waals surface area contributed by atoms with Crippen molar-refractivity contribution in [1.82, 2.24) is 20.0 Å². The minimum absolute atomic E-state index is 0.143. The van der Waals surface area contributed by atoms with Crippen LogP contribution in [0.5, 0.6) is 0 Å². The molecule has 1 atom stereocenters. The molecular weight excluding hydrogens is 384 g/mol. The van der Waals surface area contributed by atoms with E-state index in [0.717, 1.165) is 38.2 Å². The second-order valence-electron chi connectivity index (χ2n) is 7.54. The topological polar surface area (TPSA) is 50.2 Å². The van der Waals surface area contributed by atoms with Gasteiger partial charge in [0, 0.05) is 25.8 Å². The molecule has 0 spiro atoms. The highest BCUT2D eigenvalue weighted by molar-refractivity contribution is 6.32. The van der Waals surface area contributed by atoms with Crippen LogP contribution in [-0.4, -0.2) is 40.2 Å². The van der Waals surface area contributed by atoms with Crippen molar-refractivity contribution in [1.29, 1.82) is 0 Å². The van der Waals surface area contributed by atoms with Gasteiger partial charge in [0.2, 0.25) is 0 Å². The van der Waals surface area contributed by atoms with E-state index < -0.39 is 0 Å². The van der Waals surface area contributed by atoms with Crippen LogP contribution >= 0.6 is 11.6 Å². The van der Waals surface area contributed by atoms with Gasteiger partial charge in [-0.25, -0.2) is 4.68 Å². The van der Waals surface area contributed by atoms with Crippen LogP contribution in [0.2, 0.25) is 5.02 Å². The maximum absolute atomic E-state index is 12.6. The number of likely N-dealkylation sites (tertiary alicyclic amines) is 1. The molecule has 150 valence electrons. The molecule has 2 heterocycles. The highest BCUT2D eigenvalue weighted by Gasteiger charge is 2.21. The van der Waals surface area contributed by atoms with Crippen LogP contribution in [0.3, 0.4) is 0 Å². The molecule has 1 aliphatic heterocycles. The lowest BCUT2D eigenvalue weighted by molar-refractivity contribution is 0.0925. The summed E-state index contributed by atoms with van der Waals surface area (Å²) in [5.74, 6) is 0.318. The number of nitrogens with zero attached hydrogens (tertiary/aromatic N) is 3. The Morgan fingerprint density at radius 3 is 2.72 bits per heavy atom. The van der Waals surface area contributed by atoms with E-state index in [2.05, 4.69) is 39.6 Å². The number of amides is 1. The zero-order valence-electron chi connectivity index (χ0n) is 16.3. The second-order valence-corrected chi connectivity index (χ2v) is 7.94. The van der Waals surface area contributed by atoms with Gasteiger partial charge in [-0.15, -0.1) is 0 Å². The Balaban J connectivity index is 1.31. The molecule has 1 amide bonds. The Kier molecular flexibility index (Phi) is 6.27. The number of halogens is 1. The monoisotopic (exact) mass is 408 g/mol. The molecule has 1 N–H and O–H groups in total. The summed E-state index contributed by atoms with van der Waals surface area (Å²) in [6.45, 7) is 3.75. The Hall–Kier alpha value is -2.63. The molecule has 0 bridgehead atoms. The molecule has 0 saturated carbocycles. The predicted octanol–water partition coefficient (Wildman–Crippen LogP) is 4.17. The first-order valence-corrected chi connectivity index (χ1v) is 10.4. The molecule has 0 aliphatic carbocycles. The lowest BCUT2D eigenvalue weighted by Crippen LogP contribution is -2.40. The molecule has 0 radical (unpaired) electrons. The third-order valence-electron chi connectivity index (χ3n) is 5.32. The first-order chi connectivity index (χ1) is 14.2. The van der Waals surface area contributed by atoms with Gasteiger partial charge in [-0.3, -0.25) is 9.69 Å². The number of carbonyl (C=O) groups is 1. The molecule has 1 saturated heterocycles. The van der Waals surface area contributed by atoms with Crippen molar-refractivity contribution in [3.8, 4) is 5.69 Å². The summed E-state index contributed by atoms with van der Waals surface area (Å²) < 4.78 is 1.64. The average Bonchev–Trinajstić information content (AvgIpc) is 3.23. The number of benzene rings is 2. The van der Waals surface area contributed by atoms with Crippen LogP contribution in [0.4, 0.5) is 0 Å². The number of piperidine rings is 1. The Bertz CT molecular complexity index is 956. The summed E-state index contributed by atoms with van der Waals surface area (Å²) in [5, 5.41) is 8.04. The summed E-state index contributed by atoms with van der Waals surface area (Å²) in [5.41, 5.74) is 2.50. The lowest BCUT2D eigenvalue weighted by atomic mass is 9.97. The molecule has 3 aromatic rings. The van der Waals surface area contributed by atoms with E-state index in [4.69, 9.17) is 11.6 Å². The van der Waals surface area contributed by atoms with Crippen LogP contribution in [0.1, 0.15) is 28.9 Å². The molecule has 1 fully saturated rings. The number of hydrogen-bond donors (Lipinski definition) is 1. The molecule has 2 aromatic carbocycles. The van der Waals surface area contributed by atoms with E-state index in [1.807, 2.05) is 30.3 Å². The lowest BCUT2D eigenvalue weighted by Gasteiger charge is -2.32. The predicted molar refractivity (Wildman–Crippen MR) is 115 cm³/mol. The average molecular weight is 409 g/mol. The Morgan fingerprint density at radius 1 is 1.10 bits per heavy atom. The SMILES string of the molecule is O=C(NCC1CCCN(Cc2ccccc2)C1)c1ccn(-c2ccccc2Cl)n1. The van der Waals surface area contributed by atoms with Gasteiger partial charge in [0.1, 0.15) is 0 Å². The first kappa shape index (κ1) is 19.7. The molecule has 1 aliphatic rings. The number of carbonyl (C=O) groups excluding carboxylic acids is 1. The molecule has 4 rings (SSSR count). The summed E-state index contributed by atoms with van der Waals surface area (Å²) in [6, 6.07) is 19.7. The van der Waals surface area contributed by atoms with Crippen molar-refractivity contribution in [2.24, 2.45) is 5.92 Å². The van der Waals surface area contributed by atoms with Crippen molar-refractivity contribution < 1.29 is 4.79 Å². The van der Waals surface area contributed by atoms with Gasteiger partial charge in [0.25, 0.3) is 5.91 Å². The smallest absolute Gasteiger partial charge is 0.271 e. The minimum Gasteiger partial charge on any atom is -0.350 e. The number of nitrogens with one attached hydrogen (secondary N) is 1. The third-order valence-corrected chi connectivity index (χ3v) is 5.64. The van der Waals surface area contributed by atoms with Crippen molar-refractivity contribution in [3.63, 3.8) is 0 Å². The third kappa shape index (κ3) is 5.05. The van der Waals surface area contributed by atoms with Crippen molar-refractivity contribution in [2.45, 2.75) is 19.4 Å². The number of aromatic nitrogens is 2. The van der Waals surface area contributed by atoms with Crippen LogP contribution in [-0.2, 0) is 6.54 Å². The zero-order chi connectivity index (χ0) is 20.1. The normalized spacial score (nSPS) is 17.2. The molecule has 5 nitrogen and oxygen atoms in total. The second kappa shape index (κ2) is 9.25. The van der Waals surface area contributed by atoms with E-state index in [-0.39, 0.29) is 5.91 Å². The molecule has 1 aromatic heterocycles. The van der Waals surface area contributed by atoms with Crippen LogP contribution in [0.25, 0.3) is 5.69 Å². The standard InChI is InChI=1S/C23H25ClN4O/c24-20-10-4-5-11-22(20)28-14-12-21(26-28)23(29)25-15-19-9-6-13-27(17-19)16-18-7-2-1-3-8-18/h1-5,7-8,10-12,14,19H,6,9,13,15-17H2,(H,25,29). The molecule has 29 heavy (non-hydrogen) atoms. The highest BCUT2D eigenvalue weighted by atomic mass is 35.5. The number of hydrogen-bond acceptors (Lipinski definition) is 3. The van der Waals surface area contributed by atoms with Gasteiger partial charge in [-0.05, 0) is 49.1 Å². The van der Waals surface area contributed by atoms with E-state index in [1.165, 1.54) is 5.56 Å². The fourth-order valence-electron chi connectivity index (χ4n) is 3.85. The zero-order valence-corrected chi connectivity index (χ0v) is 17.1. The van der Waals surface area contributed by atoms with Gasteiger partial charge in [0.15, 0.2) is 5.69 Å². The van der Waals surface area contributed by atoms with E-state index in [1.54, 1.807) is 16.9 Å². The summed E-state index contributed by atoms with van der Waals surface area (Å²) >= 11 is 6.22. The van der Waals surface area contributed by atoms with Crippen LogP contribution in [0, 0.1) is 5.92 Å². The summed E-state index contributed by atoms with van der Waals surface area (Å²) in [6.07, 6.45) is 4.06. The van der Waals surface area contributed by atoms with Gasteiger partial charge in [0.05, 0.1) is 10.7 Å². The van der Waals surface area contributed by atoms with E-state index >= 15 is 0 Å². The fourth-order valence-corrected chi connectivity index (χ4v) is 4.07. The quantitative estimate of drug-likeness (QED) is 0.666. The number of para-hydroxylation sites is 1. The van der Waals surface area contributed by atoms with E-state index in [0.29, 0.717) is 23.2 Å². The first-order valence-electron chi connectivity index (χ1n) is 10.0. The minimum atomic E-state index is -0.143. The molecular formula is C23H25ClN4O. The molecule has 6 heteroatoms. The Morgan fingerprint density at radius 2 is 1.90 bits per heavy atom. The largest absolute Gasteiger partial charge is 0.350 e. The maximum atomic E-state index is 12.6. The maximum Gasteiger partial charge on any atom is 0.271 e. The van der Waals surface area contributed by atoms with Crippen molar-refractivity contribution in [3.05, 3.63) is 83.1 Å². The summed E-state index contributed by atoms with van der Waals surface area (Å²) in [4.78, 5) is 15.0. The van der Waals surface area contributed by atoms with Gasteiger partial charge >= 0.3 is 0 Å². The number of rotatable bonds is 6. The Labute approximate surface area is 176 Å². The van der Waals surface area contributed by atoms with Gasteiger partial charge < -0.3 is 5.32 Å². The summed E-state index contributed by atoms with van der Waals surface area (Å²) in [7, 11) is 0.